The van der Waals surface area contributed by atoms with Crippen molar-refractivity contribution in [3.8, 4) is 0 Å². The minimum atomic E-state index is -0.689. The number of piperidine rings is 1. The maximum atomic E-state index is 14.7. The zero-order valence-electron chi connectivity index (χ0n) is 28.2. The number of aliphatic imine (C=N–C) groups is 1. The van der Waals surface area contributed by atoms with Crippen LogP contribution in [0.4, 0.5) is 4.79 Å². The van der Waals surface area contributed by atoms with Gasteiger partial charge in [-0.15, -0.1) is 0 Å². The standard InChI is InChI=1S/C34H55N5O6/c1-24(2)21-38(32(42)30-29(14-10-11-17-40)39(25(3)35-30)27-12-8-7-9-13-27)28-20-26(31(41)36-15-18-44-19-16-36)22-37(23-28)33(43)45-34(4,5)6/h7-8,12,24,26,28-30,40H,9-11,13-23H2,1-6H3/t26-,28+,29?,30?/m1/s1. The smallest absolute Gasteiger partial charge is 0.410 e. The Morgan fingerprint density at radius 1 is 1.13 bits per heavy atom. The number of amidine groups is 1. The fourth-order valence-corrected chi connectivity index (χ4v) is 6.89. The molecule has 3 aliphatic heterocycles. The summed E-state index contributed by atoms with van der Waals surface area (Å²) in [5, 5.41) is 9.53. The van der Waals surface area contributed by atoms with Crippen molar-refractivity contribution in [1.29, 1.82) is 0 Å². The first-order valence-corrected chi connectivity index (χ1v) is 16.8. The van der Waals surface area contributed by atoms with Crippen LogP contribution in [0.15, 0.2) is 28.9 Å². The van der Waals surface area contributed by atoms with Crippen molar-refractivity contribution in [1.82, 2.24) is 19.6 Å². The molecule has 45 heavy (non-hydrogen) atoms. The Labute approximate surface area is 269 Å². The van der Waals surface area contributed by atoms with E-state index in [-0.39, 0.29) is 43.0 Å². The van der Waals surface area contributed by atoms with Crippen LogP contribution in [0.25, 0.3) is 0 Å². The van der Waals surface area contributed by atoms with Gasteiger partial charge in [-0.2, -0.15) is 0 Å². The van der Waals surface area contributed by atoms with Crippen LogP contribution in [0.5, 0.6) is 0 Å². The minimum absolute atomic E-state index is 0.00594. The SMILES string of the molecule is CC1=NC(C(=O)N(CC(C)C)[C@H]2C[C@@H](C(=O)N3CCOCC3)CN(C(=O)OC(C)(C)C)C2)C(CCCCO)N1C1=CC=CCC1. The van der Waals surface area contributed by atoms with E-state index < -0.39 is 23.7 Å². The number of likely N-dealkylation sites (tertiary alicyclic amines) is 1. The monoisotopic (exact) mass is 629 g/mol. The number of unbranched alkanes of at least 4 members (excludes halogenated alkanes) is 1. The van der Waals surface area contributed by atoms with Gasteiger partial charge in [-0.3, -0.25) is 14.6 Å². The van der Waals surface area contributed by atoms with Crippen LogP contribution < -0.4 is 0 Å². The highest BCUT2D eigenvalue weighted by Crippen LogP contribution is 2.33. The van der Waals surface area contributed by atoms with Crippen molar-refractivity contribution in [2.75, 3.05) is 52.5 Å². The Morgan fingerprint density at radius 3 is 2.49 bits per heavy atom. The van der Waals surface area contributed by atoms with E-state index in [1.807, 2.05) is 37.5 Å². The Kier molecular flexibility index (Phi) is 12.1. The van der Waals surface area contributed by atoms with Crippen LogP contribution in [-0.4, -0.2) is 125 Å². The number of amides is 3. The van der Waals surface area contributed by atoms with Crippen molar-refractivity contribution in [3.63, 3.8) is 0 Å². The van der Waals surface area contributed by atoms with Gasteiger partial charge in [0.15, 0.2) is 6.04 Å². The van der Waals surface area contributed by atoms with Crippen molar-refractivity contribution < 1.29 is 29.0 Å². The third kappa shape index (κ3) is 9.09. The second-order valence-electron chi connectivity index (χ2n) is 14.2. The van der Waals surface area contributed by atoms with Gasteiger partial charge in [-0.1, -0.05) is 26.0 Å². The molecule has 0 spiro atoms. The predicted molar refractivity (Wildman–Crippen MR) is 174 cm³/mol. The number of rotatable bonds is 10. The summed E-state index contributed by atoms with van der Waals surface area (Å²) in [5.74, 6) is 0.462. The number of nitrogens with zero attached hydrogens (tertiary/aromatic N) is 5. The normalized spacial score (nSPS) is 25.7. The fourth-order valence-electron chi connectivity index (χ4n) is 6.89. The summed E-state index contributed by atoms with van der Waals surface area (Å²) in [7, 11) is 0. The maximum absolute atomic E-state index is 14.7. The molecular weight excluding hydrogens is 574 g/mol. The van der Waals surface area contributed by atoms with Gasteiger partial charge in [0.25, 0.3) is 0 Å². The highest BCUT2D eigenvalue weighted by Gasteiger charge is 2.46. The van der Waals surface area contributed by atoms with E-state index in [2.05, 4.69) is 37.0 Å². The van der Waals surface area contributed by atoms with E-state index in [9.17, 15) is 19.5 Å². The molecular formula is C34H55N5O6. The van der Waals surface area contributed by atoms with E-state index in [0.29, 0.717) is 52.2 Å². The molecule has 0 radical (unpaired) electrons. The maximum Gasteiger partial charge on any atom is 0.410 e. The molecule has 4 rings (SSSR count). The summed E-state index contributed by atoms with van der Waals surface area (Å²) in [4.78, 5) is 54.6. The number of aliphatic hydroxyl groups excluding tert-OH is 1. The summed E-state index contributed by atoms with van der Waals surface area (Å²) in [6.45, 7) is 14.8. The van der Waals surface area contributed by atoms with Gasteiger partial charge < -0.3 is 34.2 Å². The largest absolute Gasteiger partial charge is 0.444 e. The molecule has 252 valence electrons. The van der Waals surface area contributed by atoms with Crippen LogP contribution in [-0.2, 0) is 19.1 Å². The summed E-state index contributed by atoms with van der Waals surface area (Å²) < 4.78 is 11.2. The molecule has 11 heteroatoms. The lowest BCUT2D eigenvalue weighted by Gasteiger charge is -2.45. The Morgan fingerprint density at radius 2 is 1.87 bits per heavy atom. The van der Waals surface area contributed by atoms with Gasteiger partial charge in [-0.05, 0) is 78.2 Å². The van der Waals surface area contributed by atoms with Crippen molar-refractivity contribution in [3.05, 3.63) is 23.9 Å². The number of allylic oxidation sites excluding steroid dienone is 4. The summed E-state index contributed by atoms with van der Waals surface area (Å²) in [5.41, 5.74) is 0.467. The van der Waals surface area contributed by atoms with Crippen LogP contribution >= 0.6 is 0 Å². The van der Waals surface area contributed by atoms with Gasteiger partial charge in [-0.25, -0.2) is 4.79 Å². The van der Waals surface area contributed by atoms with Gasteiger partial charge in [0.05, 0.1) is 31.2 Å². The molecule has 4 atom stereocenters. The van der Waals surface area contributed by atoms with Gasteiger partial charge in [0.1, 0.15) is 11.4 Å². The minimum Gasteiger partial charge on any atom is -0.444 e. The molecule has 0 aromatic carbocycles. The first kappa shape index (κ1) is 34.9. The zero-order chi connectivity index (χ0) is 32.7. The molecule has 11 nitrogen and oxygen atoms in total. The molecule has 0 saturated carbocycles. The van der Waals surface area contributed by atoms with Gasteiger partial charge in [0, 0.05) is 45.0 Å². The van der Waals surface area contributed by atoms with E-state index >= 15 is 0 Å². The summed E-state index contributed by atoms with van der Waals surface area (Å²) >= 11 is 0. The predicted octanol–water partition coefficient (Wildman–Crippen LogP) is 3.82. The zero-order valence-corrected chi connectivity index (χ0v) is 28.2. The number of hydrogen-bond donors (Lipinski definition) is 1. The number of morpholine rings is 1. The molecule has 0 aromatic rings. The fraction of sp³-hybridized carbons (Fsp3) is 0.765. The van der Waals surface area contributed by atoms with Crippen LogP contribution in [0, 0.1) is 11.8 Å². The highest BCUT2D eigenvalue weighted by atomic mass is 16.6. The summed E-state index contributed by atoms with van der Waals surface area (Å²) in [6, 6.07) is -1.14. The van der Waals surface area contributed by atoms with Crippen molar-refractivity contribution in [2.45, 2.75) is 104 Å². The van der Waals surface area contributed by atoms with E-state index in [1.54, 1.807) is 4.90 Å². The second kappa shape index (κ2) is 15.6. The molecule has 1 aliphatic carbocycles. The topological polar surface area (TPSA) is 115 Å². The van der Waals surface area contributed by atoms with Crippen LogP contribution in [0.2, 0.25) is 0 Å². The summed E-state index contributed by atoms with van der Waals surface area (Å²) in [6.07, 6.45) is 10.3. The third-order valence-corrected chi connectivity index (χ3v) is 8.87. The lowest BCUT2D eigenvalue weighted by atomic mass is 9.90. The average molecular weight is 630 g/mol. The van der Waals surface area contributed by atoms with Crippen LogP contribution in [0.3, 0.4) is 0 Å². The molecule has 2 fully saturated rings. The molecule has 0 bridgehead atoms. The number of hydrogen-bond acceptors (Lipinski definition) is 8. The highest BCUT2D eigenvalue weighted by molar-refractivity contribution is 5.93. The third-order valence-electron chi connectivity index (χ3n) is 8.87. The molecule has 3 heterocycles. The van der Waals surface area contributed by atoms with Crippen molar-refractivity contribution >= 4 is 23.7 Å². The second-order valence-corrected chi connectivity index (χ2v) is 14.2. The molecule has 4 aliphatic rings. The molecule has 2 saturated heterocycles. The molecule has 3 amide bonds. The van der Waals surface area contributed by atoms with Crippen molar-refractivity contribution in [2.24, 2.45) is 16.8 Å². The molecule has 0 aromatic heterocycles. The lowest BCUT2D eigenvalue weighted by molar-refractivity contribution is -0.146. The number of carbonyl (C=O) groups excluding carboxylic acids is 3. The average Bonchev–Trinajstić information content (AvgIpc) is 3.34. The molecule has 1 N–H and O–H groups in total. The van der Waals surface area contributed by atoms with E-state index in [0.717, 1.165) is 37.2 Å². The number of ether oxygens (including phenoxy) is 2. The first-order chi connectivity index (χ1) is 21.4. The first-order valence-electron chi connectivity index (χ1n) is 16.8. The Balaban J connectivity index is 1.65. The van der Waals surface area contributed by atoms with E-state index in [1.165, 1.54) is 0 Å². The lowest BCUT2D eigenvalue weighted by Crippen LogP contribution is -2.60. The number of carbonyl (C=O) groups is 3. The van der Waals surface area contributed by atoms with Gasteiger partial charge >= 0.3 is 6.09 Å². The van der Waals surface area contributed by atoms with E-state index in [4.69, 9.17) is 14.5 Å². The van der Waals surface area contributed by atoms with Crippen LogP contribution in [0.1, 0.15) is 80.1 Å². The Hall–Kier alpha value is -2.92. The number of aliphatic hydroxyl groups is 1. The Bertz CT molecular complexity index is 1140. The van der Waals surface area contributed by atoms with Gasteiger partial charge in [0.2, 0.25) is 11.8 Å². The quantitative estimate of drug-likeness (QED) is 0.366. The molecule has 2 unspecified atom stereocenters.